The van der Waals surface area contributed by atoms with Crippen molar-refractivity contribution in [1.82, 2.24) is 15.1 Å². The van der Waals surface area contributed by atoms with Gasteiger partial charge in [-0.2, -0.15) is 5.10 Å². The normalized spacial score (nSPS) is 15.2. The molecule has 0 aliphatic carbocycles. The van der Waals surface area contributed by atoms with E-state index in [1.54, 1.807) is 0 Å². The summed E-state index contributed by atoms with van der Waals surface area (Å²) in [7, 11) is 0. The van der Waals surface area contributed by atoms with Crippen molar-refractivity contribution >= 4 is 11.6 Å². The summed E-state index contributed by atoms with van der Waals surface area (Å²) in [5.41, 5.74) is 1.23. The first kappa shape index (κ1) is 12.5. The number of alkyl halides is 1. The van der Waals surface area contributed by atoms with Crippen LogP contribution in [0.15, 0.2) is 12.4 Å². The van der Waals surface area contributed by atoms with E-state index in [0.717, 1.165) is 19.5 Å². The lowest BCUT2D eigenvalue weighted by molar-refractivity contribution is 0.379. The molecule has 0 fully saturated rings. The fourth-order valence-corrected chi connectivity index (χ4v) is 1.54. The zero-order valence-electron chi connectivity index (χ0n) is 9.76. The molecular weight excluding hydrogens is 210 g/mol. The standard InChI is InChI=1S/C11H20ClN3/c1-4-11(3,9-12)13-6-10-7-14-15(5-2)8-10/h7-8,13H,4-6,9H2,1-3H3. The zero-order chi connectivity index (χ0) is 11.3. The van der Waals surface area contributed by atoms with E-state index >= 15 is 0 Å². The van der Waals surface area contributed by atoms with Gasteiger partial charge in [-0.25, -0.2) is 0 Å². The van der Waals surface area contributed by atoms with Crippen molar-refractivity contribution in [2.75, 3.05) is 5.88 Å². The number of halogens is 1. The number of rotatable bonds is 6. The maximum Gasteiger partial charge on any atom is 0.0534 e. The minimum absolute atomic E-state index is 0.0237. The summed E-state index contributed by atoms with van der Waals surface area (Å²) in [5.74, 6) is 0.630. The molecule has 3 nitrogen and oxygen atoms in total. The van der Waals surface area contributed by atoms with E-state index in [1.165, 1.54) is 5.56 Å². The summed E-state index contributed by atoms with van der Waals surface area (Å²) in [6.45, 7) is 8.12. The quantitative estimate of drug-likeness (QED) is 0.760. The van der Waals surface area contributed by atoms with Gasteiger partial charge in [-0.3, -0.25) is 4.68 Å². The highest BCUT2D eigenvalue weighted by molar-refractivity contribution is 6.18. The molecule has 15 heavy (non-hydrogen) atoms. The van der Waals surface area contributed by atoms with Crippen LogP contribution in [0, 0.1) is 0 Å². The first-order chi connectivity index (χ1) is 7.13. The van der Waals surface area contributed by atoms with Gasteiger partial charge in [0.1, 0.15) is 0 Å². The summed E-state index contributed by atoms with van der Waals surface area (Å²) in [6.07, 6.45) is 5.00. The first-order valence-corrected chi connectivity index (χ1v) is 5.99. The van der Waals surface area contributed by atoms with Crippen LogP contribution in [0.4, 0.5) is 0 Å². The molecule has 0 saturated heterocycles. The lowest BCUT2D eigenvalue weighted by atomic mass is 10.0. The molecule has 0 aliphatic rings. The van der Waals surface area contributed by atoms with E-state index in [1.807, 2.05) is 10.9 Å². The molecule has 1 aromatic heterocycles. The van der Waals surface area contributed by atoms with E-state index < -0.39 is 0 Å². The van der Waals surface area contributed by atoms with Crippen molar-refractivity contribution in [3.63, 3.8) is 0 Å². The largest absolute Gasteiger partial charge is 0.306 e. The molecule has 1 N–H and O–H groups in total. The van der Waals surface area contributed by atoms with Crippen molar-refractivity contribution < 1.29 is 0 Å². The van der Waals surface area contributed by atoms with Crippen molar-refractivity contribution in [1.29, 1.82) is 0 Å². The Hall–Kier alpha value is -0.540. The Morgan fingerprint density at radius 3 is 2.73 bits per heavy atom. The zero-order valence-corrected chi connectivity index (χ0v) is 10.5. The smallest absolute Gasteiger partial charge is 0.0534 e. The van der Waals surface area contributed by atoms with Gasteiger partial charge in [-0.05, 0) is 20.3 Å². The van der Waals surface area contributed by atoms with Gasteiger partial charge in [0.05, 0.1) is 6.20 Å². The number of aromatic nitrogens is 2. The Balaban J connectivity index is 2.49. The predicted molar refractivity (Wildman–Crippen MR) is 64.2 cm³/mol. The fraction of sp³-hybridized carbons (Fsp3) is 0.727. The third kappa shape index (κ3) is 3.50. The summed E-state index contributed by atoms with van der Waals surface area (Å²) in [5, 5.41) is 7.69. The number of hydrogen-bond donors (Lipinski definition) is 1. The van der Waals surface area contributed by atoms with Gasteiger partial charge in [-0.1, -0.05) is 6.92 Å². The first-order valence-electron chi connectivity index (χ1n) is 5.46. The summed E-state index contributed by atoms with van der Waals surface area (Å²) >= 11 is 5.92. The Morgan fingerprint density at radius 1 is 1.53 bits per heavy atom. The minimum Gasteiger partial charge on any atom is -0.306 e. The number of aryl methyl sites for hydroxylation is 1. The molecule has 1 rings (SSSR count). The lowest BCUT2D eigenvalue weighted by Gasteiger charge is -2.26. The van der Waals surface area contributed by atoms with E-state index in [2.05, 4.69) is 37.4 Å². The molecule has 1 aromatic rings. The number of hydrogen-bond acceptors (Lipinski definition) is 2. The van der Waals surface area contributed by atoms with E-state index in [0.29, 0.717) is 5.88 Å². The van der Waals surface area contributed by atoms with Crippen LogP contribution in [-0.2, 0) is 13.1 Å². The fourth-order valence-electron chi connectivity index (χ4n) is 1.25. The van der Waals surface area contributed by atoms with Gasteiger partial charge in [0, 0.05) is 36.3 Å². The topological polar surface area (TPSA) is 29.9 Å². The molecule has 0 bridgehead atoms. The lowest BCUT2D eigenvalue weighted by Crippen LogP contribution is -2.42. The highest BCUT2D eigenvalue weighted by Crippen LogP contribution is 2.12. The molecule has 86 valence electrons. The molecule has 0 aromatic carbocycles. The van der Waals surface area contributed by atoms with Crippen LogP contribution < -0.4 is 5.32 Å². The molecule has 0 spiro atoms. The van der Waals surface area contributed by atoms with Crippen LogP contribution >= 0.6 is 11.6 Å². The Morgan fingerprint density at radius 2 is 2.27 bits per heavy atom. The van der Waals surface area contributed by atoms with Crippen molar-refractivity contribution in [2.24, 2.45) is 0 Å². The molecule has 1 unspecified atom stereocenters. The Kier molecular flexibility index (Phi) is 4.61. The third-order valence-corrected chi connectivity index (χ3v) is 3.40. The summed E-state index contributed by atoms with van der Waals surface area (Å²) in [4.78, 5) is 0. The molecule has 1 atom stereocenters. The van der Waals surface area contributed by atoms with E-state index in [-0.39, 0.29) is 5.54 Å². The molecule has 1 heterocycles. The van der Waals surface area contributed by atoms with Crippen molar-refractivity contribution in [3.05, 3.63) is 18.0 Å². The molecular formula is C11H20ClN3. The maximum atomic E-state index is 5.92. The molecule has 0 saturated carbocycles. The van der Waals surface area contributed by atoms with Crippen LogP contribution in [0.5, 0.6) is 0 Å². The van der Waals surface area contributed by atoms with E-state index in [4.69, 9.17) is 11.6 Å². The van der Waals surface area contributed by atoms with Gasteiger partial charge in [0.2, 0.25) is 0 Å². The number of nitrogens with one attached hydrogen (secondary N) is 1. The highest BCUT2D eigenvalue weighted by Gasteiger charge is 2.19. The molecule has 0 radical (unpaired) electrons. The molecule has 0 amide bonds. The minimum atomic E-state index is 0.0237. The Labute approximate surface area is 96.8 Å². The molecule has 0 aliphatic heterocycles. The monoisotopic (exact) mass is 229 g/mol. The van der Waals surface area contributed by atoms with Crippen LogP contribution in [0.25, 0.3) is 0 Å². The average molecular weight is 230 g/mol. The van der Waals surface area contributed by atoms with Crippen molar-refractivity contribution in [3.8, 4) is 0 Å². The Bertz CT molecular complexity index is 292. The van der Waals surface area contributed by atoms with Crippen LogP contribution in [-0.4, -0.2) is 21.2 Å². The summed E-state index contributed by atoms with van der Waals surface area (Å²) in [6, 6.07) is 0. The third-order valence-electron chi connectivity index (χ3n) is 2.81. The molecule has 4 heteroatoms. The van der Waals surface area contributed by atoms with Gasteiger partial charge in [-0.15, -0.1) is 11.6 Å². The van der Waals surface area contributed by atoms with Crippen LogP contribution in [0.3, 0.4) is 0 Å². The SMILES string of the molecule is CCn1cc(CNC(C)(CC)CCl)cn1. The second-order valence-electron chi connectivity index (χ2n) is 4.11. The van der Waals surface area contributed by atoms with Gasteiger partial charge < -0.3 is 5.32 Å². The maximum absolute atomic E-state index is 5.92. The van der Waals surface area contributed by atoms with Gasteiger partial charge in [0.25, 0.3) is 0 Å². The summed E-state index contributed by atoms with van der Waals surface area (Å²) < 4.78 is 1.93. The van der Waals surface area contributed by atoms with Gasteiger partial charge in [0.15, 0.2) is 0 Å². The predicted octanol–water partition coefficient (Wildman–Crippen LogP) is 2.40. The van der Waals surface area contributed by atoms with Crippen LogP contribution in [0.2, 0.25) is 0 Å². The van der Waals surface area contributed by atoms with Crippen molar-refractivity contribution in [2.45, 2.75) is 45.8 Å². The second-order valence-corrected chi connectivity index (χ2v) is 4.37. The van der Waals surface area contributed by atoms with Gasteiger partial charge >= 0.3 is 0 Å². The average Bonchev–Trinajstić information content (AvgIpc) is 2.74. The highest BCUT2D eigenvalue weighted by atomic mass is 35.5. The number of nitrogens with zero attached hydrogens (tertiary/aromatic N) is 2. The van der Waals surface area contributed by atoms with Crippen LogP contribution in [0.1, 0.15) is 32.8 Å². The van der Waals surface area contributed by atoms with E-state index in [9.17, 15) is 0 Å². The second kappa shape index (κ2) is 5.52.